The molecule has 2 amide bonds. The van der Waals surface area contributed by atoms with Crippen molar-refractivity contribution in [2.75, 3.05) is 13.6 Å². The maximum Gasteiger partial charge on any atom is 0.243 e. The van der Waals surface area contributed by atoms with Crippen LogP contribution in [-0.4, -0.2) is 62.9 Å². The van der Waals surface area contributed by atoms with Gasteiger partial charge in [-0.25, -0.2) is 0 Å². The van der Waals surface area contributed by atoms with Gasteiger partial charge >= 0.3 is 0 Å². The van der Waals surface area contributed by atoms with E-state index < -0.39 is 17.7 Å². The number of nitrogens with one attached hydrogen (secondary N) is 2. The Balaban J connectivity index is 1.45. The highest BCUT2D eigenvalue weighted by Gasteiger charge is 2.47. The van der Waals surface area contributed by atoms with Crippen molar-refractivity contribution in [3.8, 4) is 11.3 Å². The molecule has 1 saturated carbocycles. The van der Waals surface area contributed by atoms with Crippen molar-refractivity contribution < 1.29 is 14.7 Å². The zero-order valence-electron chi connectivity index (χ0n) is 19.8. The molecule has 33 heavy (non-hydrogen) atoms. The number of hydrogen-bond acceptors (Lipinski definition) is 5. The van der Waals surface area contributed by atoms with Crippen LogP contribution in [0.15, 0.2) is 36.5 Å². The summed E-state index contributed by atoms with van der Waals surface area (Å²) in [7, 11) is 3.72. The van der Waals surface area contributed by atoms with E-state index in [9.17, 15) is 14.7 Å². The number of nitrogens with zero attached hydrogens (tertiary/aromatic N) is 3. The molecule has 4 rings (SSSR count). The van der Waals surface area contributed by atoms with Crippen molar-refractivity contribution in [3.05, 3.63) is 42.1 Å². The number of hydrogen-bond donors (Lipinski definition) is 3. The lowest BCUT2D eigenvalue weighted by Gasteiger charge is -2.40. The fourth-order valence-electron chi connectivity index (χ4n) is 5.28. The summed E-state index contributed by atoms with van der Waals surface area (Å²) in [5.74, 6) is -0.278. The molecular weight excluding hydrogens is 418 g/mol. The van der Waals surface area contributed by atoms with Gasteiger partial charge in [-0.15, -0.1) is 0 Å². The van der Waals surface area contributed by atoms with Gasteiger partial charge < -0.3 is 20.6 Å². The van der Waals surface area contributed by atoms with Crippen LogP contribution >= 0.6 is 0 Å². The molecule has 0 radical (unpaired) electrons. The average molecular weight is 454 g/mol. The van der Waals surface area contributed by atoms with Gasteiger partial charge in [-0.1, -0.05) is 43.5 Å². The molecule has 3 atom stereocenters. The van der Waals surface area contributed by atoms with Gasteiger partial charge in [0.25, 0.3) is 0 Å². The smallest absolute Gasteiger partial charge is 0.243 e. The maximum atomic E-state index is 13.5. The maximum absolute atomic E-state index is 13.5. The van der Waals surface area contributed by atoms with Gasteiger partial charge in [0, 0.05) is 26.2 Å². The van der Waals surface area contributed by atoms with E-state index in [1.807, 2.05) is 56.0 Å². The van der Waals surface area contributed by atoms with Gasteiger partial charge in [-0.05, 0) is 44.0 Å². The molecular formula is C25H35N5O3. The minimum atomic E-state index is -0.685. The lowest BCUT2D eigenvalue weighted by molar-refractivity contribution is -0.145. The van der Waals surface area contributed by atoms with Crippen LogP contribution in [0.3, 0.4) is 0 Å². The lowest BCUT2D eigenvalue weighted by atomic mass is 9.80. The molecule has 8 heteroatoms. The number of aliphatic hydroxyl groups is 1. The fraction of sp³-hybridized carbons (Fsp3) is 0.560. The van der Waals surface area contributed by atoms with E-state index in [2.05, 4.69) is 15.7 Å². The Hall–Kier alpha value is -2.71. The number of likely N-dealkylation sites (tertiary alicyclic amines) is 1. The number of aliphatic hydroxyl groups excluding tert-OH is 1. The minimum Gasteiger partial charge on any atom is -0.391 e. The number of β-amino-alcohol motifs (C(OH)–C–C–N with tert-alkyl or cyclic N) is 1. The van der Waals surface area contributed by atoms with Crippen molar-refractivity contribution in [2.45, 2.75) is 69.2 Å². The van der Waals surface area contributed by atoms with E-state index >= 15 is 0 Å². The molecule has 1 aliphatic carbocycles. The summed E-state index contributed by atoms with van der Waals surface area (Å²) in [4.78, 5) is 28.3. The summed E-state index contributed by atoms with van der Waals surface area (Å²) in [5, 5.41) is 20.8. The van der Waals surface area contributed by atoms with Gasteiger partial charge in [-0.2, -0.15) is 5.10 Å². The predicted octanol–water partition coefficient (Wildman–Crippen LogP) is 2.15. The minimum absolute atomic E-state index is 0.0606. The molecule has 1 saturated heterocycles. The Labute approximate surface area is 195 Å². The number of carbonyl (C=O) groups excluding carboxylic acids is 2. The van der Waals surface area contributed by atoms with E-state index in [-0.39, 0.29) is 30.8 Å². The molecule has 2 fully saturated rings. The first-order valence-corrected chi connectivity index (χ1v) is 11.9. The van der Waals surface area contributed by atoms with E-state index in [0.29, 0.717) is 0 Å². The lowest BCUT2D eigenvalue weighted by Crippen LogP contribution is -2.60. The Kier molecular flexibility index (Phi) is 6.86. The second kappa shape index (κ2) is 9.65. The standard InChI is InChI=1S/C25H35N5O3/c1-17(18-7-9-19(10-8-18)21-11-14-27-29(21)3)28-23(32)22-15-20(31)16-30(22)24(33)25(26-2)12-5-4-6-13-25/h7-11,14,17,20,22,26,31H,4-6,12-13,15-16H2,1-3H3,(H,28,32)/t17?,20-,22+/m1/s1. The highest BCUT2D eigenvalue weighted by atomic mass is 16.3. The summed E-state index contributed by atoms with van der Waals surface area (Å²) in [6.07, 6.45) is 5.99. The summed E-state index contributed by atoms with van der Waals surface area (Å²) in [6, 6.07) is 9.11. The molecule has 1 aromatic heterocycles. The molecule has 1 unspecified atom stereocenters. The summed E-state index contributed by atoms with van der Waals surface area (Å²) >= 11 is 0. The van der Waals surface area contributed by atoms with Gasteiger partial charge in [0.1, 0.15) is 6.04 Å². The third-order valence-electron chi connectivity index (χ3n) is 7.32. The summed E-state index contributed by atoms with van der Waals surface area (Å²) < 4.78 is 1.82. The number of benzene rings is 1. The number of amides is 2. The quantitative estimate of drug-likeness (QED) is 0.622. The monoisotopic (exact) mass is 453 g/mol. The molecule has 0 bridgehead atoms. The van der Waals surface area contributed by atoms with Crippen molar-refractivity contribution in [3.63, 3.8) is 0 Å². The predicted molar refractivity (Wildman–Crippen MR) is 126 cm³/mol. The van der Waals surface area contributed by atoms with Crippen molar-refractivity contribution in [1.29, 1.82) is 0 Å². The van der Waals surface area contributed by atoms with E-state index in [4.69, 9.17) is 0 Å². The second-order valence-electron chi connectivity index (χ2n) is 9.45. The van der Waals surface area contributed by atoms with Crippen LogP contribution in [0.2, 0.25) is 0 Å². The Morgan fingerprint density at radius 2 is 1.85 bits per heavy atom. The summed E-state index contributed by atoms with van der Waals surface area (Å²) in [6.45, 7) is 2.14. The first-order chi connectivity index (χ1) is 15.8. The highest BCUT2D eigenvalue weighted by molar-refractivity contribution is 5.93. The zero-order chi connectivity index (χ0) is 23.6. The van der Waals surface area contributed by atoms with Crippen molar-refractivity contribution in [1.82, 2.24) is 25.3 Å². The number of likely N-dealkylation sites (N-methyl/N-ethyl adjacent to an activating group) is 1. The zero-order valence-corrected chi connectivity index (χ0v) is 19.8. The topological polar surface area (TPSA) is 99.5 Å². The Morgan fingerprint density at radius 3 is 2.45 bits per heavy atom. The first-order valence-electron chi connectivity index (χ1n) is 11.9. The Morgan fingerprint density at radius 1 is 1.15 bits per heavy atom. The fourth-order valence-corrected chi connectivity index (χ4v) is 5.28. The van der Waals surface area contributed by atoms with Crippen molar-refractivity contribution >= 4 is 11.8 Å². The van der Waals surface area contributed by atoms with Crippen LogP contribution in [-0.2, 0) is 16.6 Å². The normalized spacial score (nSPS) is 23.3. The van der Waals surface area contributed by atoms with E-state index in [1.54, 1.807) is 11.1 Å². The van der Waals surface area contributed by atoms with Gasteiger partial charge in [0.2, 0.25) is 11.8 Å². The third kappa shape index (κ3) is 4.68. The van der Waals surface area contributed by atoms with Crippen LogP contribution < -0.4 is 10.6 Å². The van der Waals surface area contributed by atoms with E-state index in [1.165, 1.54) is 0 Å². The van der Waals surface area contributed by atoms with Crippen LogP contribution in [0.1, 0.15) is 57.1 Å². The molecule has 1 aromatic carbocycles. The molecule has 2 aliphatic rings. The molecule has 8 nitrogen and oxygen atoms in total. The third-order valence-corrected chi connectivity index (χ3v) is 7.32. The number of aromatic nitrogens is 2. The number of aryl methyl sites for hydroxylation is 1. The second-order valence-corrected chi connectivity index (χ2v) is 9.45. The average Bonchev–Trinajstić information content (AvgIpc) is 3.44. The molecule has 0 spiro atoms. The van der Waals surface area contributed by atoms with Crippen LogP contribution in [0, 0.1) is 0 Å². The largest absolute Gasteiger partial charge is 0.391 e. The molecule has 178 valence electrons. The molecule has 1 aliphatic heterocycles. The Bertz CT molecular complexity index is 980. The molecule has 2 aromatic rings. The van der Waals surface area contributed by atoms with Gasteiger partial charge in [0.15, 0.2) is 0 Å². The first kappa shape index (κ1) is 23.4. The van der Waals surface area contributed by atoms with Crippen LogP contribution in [0.4, 0.5) is 0 Å². The van der Waals surface area contributed by atoms with Crippen LogP contribution in [0.5, 0.6) is 0 Å². The molecule has 2 heterocycles. The van der Waals surface area contributed by atoms with Crippen LogP contribution in [0.25, 0.3) is 11.3 Å². The van der Waals surface area contributed by atoms with Gasteiger partial charge in [0.05, 0.1) is 23.4 Å². The molecule has 3 N–H and O–H groups in total. The number of carbonyl (C=O) groups is 2. The number of rotatable bonds is 6. The SMILES string of the molecule is CNC1(C(=O)N2C[C@H](O)C[C@H]2C(=O)NC(C)c2ccc(-c3ccnn3C)cc2)CCCCC1. The van der Waals surface area contributed by atoms with Gasteiger partial charge in [-0.3, -0.25) is 14.3 Å². The van der Waals surface area contributed by atoms with E-state index in [0.717, 1.165) is 48.9 Å². The summed E-state index contributed by atoms with van der Waals surface area (Å²) in [5.41, 5.74) is 2.42. The highest BCUT2D eigenvalue weighted by Crippen LogP contribution is 2.32. The van der Waals surface area contributed by atoms with Crippen molar-refractivity contribution in [2.24, 2.45) is 7.05 Å².